The van der Waals surface area contributed by atoms with Gasteiger partial charge in [0.15, 0.2) is 0 Å². The Kier molecular flexibility index (Phi) is 5.37. The molecule has 0 aromatic heterocycles. The average Bonchev–Trinajstić information content (AvgIpc) is 2.46. The van der Waals surface area contributed by atoms with Gasteiger partial charge in [0, 0.05) is 26.2 Å². The van der Waals surface area contributed by atoms with Gasteiger partial charge in [0.05, 0.1) is 12.0 Å². The van der Waals surface area contributed by atoms with Crippen LogP contribution in [0.4, 0.5) is 0 Å². The molecular formula is C14H24N2O4. The van der Waals surface area contributed by atoms with E-state index >= 15 is 0 Å². The average molecular weight is 284 g/mol. The van der Waals surface area contributed by atoms with Crippen molar-refractivity contribution in [2.24, 2.45) is 5.92 Å². The molecule has 2 aliphatic rings. The molecule has 0 bridgehead atoms. The highest BCUT2D eigenvalue weighted by molar-refractivity contribution is 5.77. The fourth-order valence-corrected chi connectivity index (χ4v) is 2.81. The van der Waals surface area contributed by atoms with Gasteiger partial charge in [-0.1, -0.05) is 0 Å². The van der Waals surface area contributed by atoms with E-state index in [1.165, 1.54) is 0 Å². The topological polar surface area (TPSA) is 70.1 Å². The van der Waals surface area contributed by atoms with Crippen molar-refractivity contribution < 1.29 is 19.4 Å². The molecule has 1 saturated heterocycles. The number of amides is 1. The normalized spacial score (nSPS) is 28.4. The van der Waals surface area contributed by atoms with E-state index in [4.69, 9.17) is 9.84 Å². The molecule has 1 aliphatic carbocycles. The van der Waals surface area contributed by atoms with Gasteiger partial charge in [-0.05, 0) is 32.7 Å². The highest BCUT2D eigenvalue weighted by Crippen LogP contribution is 2.26. The summed E-state index contributed by atoms with van der Waals surface area (Å²) in [7, 11) is 2.05. The molecule has 0 radical (unpaired) electrons. The molecule has 0 spiro atoms. The summed E-state index contributed by atoms with van der Waals surface area (Å²) in [6.07, 6.45) is 2.84. The van der Waals surface area contributed by atoms with Gasteiger partial charge >= 0.3 is 5.97 Å². The number of likely N-dealkylation sites (N-methyl/N-ethyl adjacent to an activating group) is 1. The van der Waals surface area contributed by atoms with Crippen LogP contribution in [0, 0.1) is 5.92 Å². The molecule has 20 heavy (non-hydrogen) atoms. The van der Waals surface area contributed by atoms with E-state index in [1.54, 1.807) is 0 Å². The summed E-state index contributed by atoms with van der Waals surface area (Å²) in [6.45, 7) is 3.49. The molecule has 1 N–H and O–H groups in total. The Hall–Kier alpha value is -1.14. The van der Waals surface area contributed by atoms with E-state index in [2.05, 4.69) is 11.9 Å². The van der Waals surface area contributed by atoms with Crippen molar-refractivity contribution in [3.63, 3.8) is 0 Å². The first kappa shape index (κ1) is 15.3. The second kappa shape index (κ2) is 7.04. The summed E-state index contributed by atoms with van der Waals surface area (Å²) in [6, 6.07) is 0. The number of ether oxygens (including phenoxy) is 1. The van der Waals surface area contributed by atoms with Crippen LogP contribution in [0.25, 0.3) is 0 Å². The van der Waals surface area contributed by atoms with Gasteiger partial charge in [0.2, 0.25) is 5.91 Å². The molecule has 0 atom stereocenters. The molecule has 114 valence electrons. The largest absolute Gasteiger partial charge is 0.481 e. The Morgan fingerprint density at radius 1 is 1.10 bits per heavy atom. The zero-order valence-electron chi connectivity index (χ0n) is 12.1. The van der Waals surface area contributed by atoms with Crippen molar-refractivity contribution >= 4 is 11.9 Å². The van der Waals surface area contributed by atoms with Crippen LogP contribution in [0.3, 0.4) is 0 Å². The molecule has 1 aliphatic heterocycles. The lowest BCUT2D eigenvalue weighted by atomic mass is 9.87. The van der Waals surface area contributed by atoms with E-state index in [-0.39, 0.29) is 24.5 Å². The Morgan fingerprint density at radius 3 is 2.25 bits per heavy atom. The van der Waals surface area contributed by atoms with Crippen molar-refractivity contribution in [1.29, 1.82) is 0 Å². The summed E-state index contributed by atoms with van der Waals surface area (Å²) >= 11 is 0. The van der Waals surface area contributed by atoms with Crippen LogP contribution >= 0.6 is 0 Å². The summed E-state index contributed by atoms with van der Waals surface area (Å²) in [5.74, 6) is -0.890. The molecule has 2 rings (SSSR count). The van der Waals surface area contributed by atoms with Crippen LogP contribution in [0.1, 0.15) is 25.7 Å². The third kappa shape index (κ3) is 4.18. The van der Waals surface area contributed by atoms with Crippen molar-refractivity contribution in [3.05, 3.63) is 0 Å². The molecule has 6 nitrogen and oxygen atoms in total. The van der Waals surface area contributed by atoms with Gasteiger partial charge in [-0.25, -0.2) is 0 Å². The summed E-state index contributed by atoms with van der Waals surface area (Å²) < 4.78 is 5.66. The molecule has 6 heteroatoms. The number of aliphatic carboxylic acids is 1. The molecule has 1 heterocycles. The SMILES string of the molecule is CN1CCN(C(=O)COC2CCC(C(=O)O)CC2)CC1. The van der Waals surface area contributed by atoms with Gasteiger partial charge in [-0.3, -0.25) is 9.59 Å². The lowest BCUT2D eigenvalue weighted by Gasteiger charge is -2.33. The fourth-order valence-electron chi connectivity index (χ4n) is 2.81. The lowest BCUT2D eigenvalue weighted by molar-refractivity contribution is -0.146. The van der Waals surface area contributed by atoms with Crippen molar-refractivity contribution in [3.8, 4) is 0 Å². The number of carboxylic acid groups (broad SMARTS) is 1. The number of nitrogens with zero attached hydrogens (tertiary/aromatic N) is 2. The fraction of sp³-hybridized carbons (Fsp3) is 0.857. The number of hydrogen-bond acceptors (Lipinski definition) is 4. The number of carbonyl (C=O) groups excluding carboxylic acids is 1. The van der Waals surface area contributed by atoms with Crippen LogP contribution in [0.15, 0.2) is 0 Å². The molecule has 0 aromatic carbocycles. The first-order valence-corrected chi connectivity index (χ1v) is 7.37. The molecule has 0 unspecified atom stereocenters. The summed E-state index contributed by atoms with van der Waals surface area (Å²) in [4.78, 5) is 26.9. The maximum atomic E-state index is 12.0. The molecule has 2 fully saturated rings. The van der Waals surface area contributed by atoms with E-state index < -0.39 is 5.97 Å². The highest BCUT2D eigenvalue weighted by atomic mass is 16.5. The van der Waals surface area contributed by atoms with E-state index in [0.29, 0.717) is 12.8 Å². The third-order valence-electron chi connectivity index (χ3n) is 4.32. The lowest BCUT2D eigenvalue weighted by Crippen LogP contribution is -2.48. The van der Waals surface area contributed by atoms with Crippen molar-refractivity contribution in [2.75, 3.05) is 39.8 Å². The van der Waals surface area contributed by atoms with Crippen molar-refractivity contribution in [1.82, 2.24) is 9.80 Å². The molecule has 1 amide bonds. The van der Waals surface area contributed by atoms with Gasteiger partial charge < -0.3 is 19.6 Å². The highest BCUT2D eigenvalue weighted by Gasteiger charge is 2.27. The smallest absolute Gasteiger partial charge is 0.306 e. The van der Waals surface area contributed by atoms with Gasteiger partial charge in [0.25, 0.3) is 0 Å². The number of carboxylic acids is 1. The minimum Gasteiger partial charge on any atom is -0.481 e. The number of rotatable bonds is 4. The van der Waals surface area contributed by atoms with Crippen LogP contribution < -0.4 is 0 Å². The quantitative estimate of drug-likeness (QED) is 0.810. The zero-order valence-corrected chi connectivity index (χ0v) is 12.1. The van der Waals surface area contributed by atoms with Crippen LogP contribution in [0.5, 0.6) is 0 Å². The number of hydrogen-bond donors (Lipinski definition) is 1. The molecular weight excluding hydrogens is 260 g/mol. The number of carbonyl (C=O) groups is 2. The molecule has 1 saturated carbocycles. The summed E-state index contributed by atoms with van der Waals surface area (Å²) in [5.41, 5.74) is 0. The van der Waals surface area contributed by atoms with E-state index in [0.717, 1.165) is 39.0 Å². The number of piperazine rings is 1. The minimum atomic E-state index is -0.711. The minimum absolute atomic E-state index is 0.0435. The molecule has 0 aromatic rings. The zero-order chi connectivity index (χ0) is 14.5. The maximum Gasteiger partial charge on any atom is 0.306 e. The Bertz CT molecular complexity index is 345. The predicted octanol–water partition coefficient (Wildman–Crippen LogP) is 0.420. The predicted molar refractivity (Wildman–Crippen MR) is 73.4 cm³/mol. The van der Waals surface area contributed by atoms with Gasteiger partial charge in [-0.2, -0.15) is 0 Å². The van der Waals surface area contributed by atoms with Gasteiger partial charge in [-0.15, -0.1) is 0 Å². The van der Waals surface area contributed by atoms with E-state index in [9.17, 15) is 9.59 Å². The first-order chi connectivity index (χ1) is 9.56. The third-order valence-corrected chi connectivity index (χ3v) is 4.32. The standard InChI is InChI=1S/C14H24N2O4/c1-15-6-8-16(9-7-15)13(17)10-20-12-4-2-11(3-5-12)14(18)19/h11-12H,2-10H2,1H3,(H,18,19). The van der Waals surface area contributed by atoms with Crippen LogP contribution in [0.2, 0.25) is 0 Å². The Morgan fingerprint density at radius 2 is 1.70 bits per heavy atom. The second-order valence-corrected chi connectivity index (χ2v) is 5.81. The van der Waals surface area contributed by atoms with Gasteiger partial charge in [0.1, 0.15) is 6.61 Å². The maximum absolute atomic E-state index is 12.0. The van der Waals surface area contributed by atoms with E-state index in [1.807, 2.05) is 4.90 Å². The Labute approximate surface area is 119 Å². The van der Waals surface area contributed by atoms with Crippen LogP contribution in [-0.4, -0.2) is 72.7 Å². The monoisotopic (exact) mass is 284 g/mol. The Balaban J connectivity index is 1.65. The van der Waals surface area contributed by atoms with Crippen molar-refractivity contribution in [2.45, 2.75) is 31.8 Å². The summed E-state index contributed by atoms with van der Waals surface area (Å²) in [5, 5.41) is 8.93. The first-order valence-electron chi connectivity index (χ1n) is 7.37. The van der Waals surface area contributed by atoms with Crippen LogP contribution in [-0.2, 0) is 14.3 Å². The second-order valence-electron chi connectivity index (χ2n) is 5.81.